The van der Waals surface area contributed by atoms with Crippen molar-refractivity contribution >= 4 is 0 Å². The molecule has 1 aliphatic rings. The first-order chi connectivity index (χ1) is 10.8. The molecule has 124 valence electrons. The third kappa shape index (κ3) is 3.37. The zero-order chi connectivity index (χ0) is 16.6. The zero-order valence-electron chi connectivity index (χ0n) is 12.5. The monoisotopic (exact) mass is 326 g/mol. The largest absolute Gasteiger partial charge is 0.416 e. The molecular formula is C15H17F3N4O. The number of likely N-dealkylation sites (tertiary alicyclic amines) is 1. The number of β-amino-alcohol motifs (C(OH)–C–C–N with tert-alkyl or cyclic N) is 1. The molecule has 5 nitrogen and oxygen atoms in total. The van der Waals surface area contributed by atoms with Crippen molar-refractivity contribution in [3.05, 3.63) is 47.3 Å². The summed E-state index contributed by atoms with van der Waals surface area (Å²) in [6, 6.07) is 5.04. The van der Waals surface area contributed by atoms with Crippen molar-refractivity contribution in [1.29, 1.82) is 0 Å². The zero-order valence-corrected chi connectivity index (χ0v) is 12.5. The Morgan fingerprint density at radius 3 is 2.78 bits per heavy atom. The average molecular weight is 326 g/mol. The van der Waals surface area contributed by atoms with Crippen LogP contribution in [0.2, 0.25) is 0 Å². The van der Waals surface area contributed by atoms with Crippen LogP contribution in [0.25, 0.3) is 0 Å². The van der Waals surface area contributed by atoms with Crippen molar-refractivity contribution in [2.24, 2.45) is 7.05 Å². The molecule has 23 heavy (non-hydrogen) atoms. The van der Waals surface area contributed by atoms with E-state index in [9.17, 15) is 18.3 Å². The molecule has 0 aliphatic carbocycles. The van der Waals surface area contributed by atoms with Gasteiger partial charge < -0.3 is 5.11 Å². The highest BCUT2D eigenvalue weighted by Crippen LogP contribution is 2.36. The van der Waals surface area contributed by atoms with Crippen molar-refractivity contribution in [2.45, 2.75) is 31.3 Å². The molecule has 1 aromatic carbocycles. The number of aliphatic hydroxyl groups excluding tert-OH is 1. The molecule has 0 bridgehead atoms. The molecule has 1 aliphatic heterocycles. The van der Waals surface area contributed by atoms with Gasteiger partial charge in [0.15, 0.2) is 0 Å². The average Bonchev–Trinajstić information content (AvgIpc) is 3.05. The molecule has 1 N–H and O–H groups in total. The summed E-state index contributed by atoms with van der Waals surface area (Å²) in [6.07, 6.45) is -2.90. The lowest BCUT2D eigenvalue weighted by atomic mass is 10.0. The van der Waals surface area contributed by atoms with Gasteiger partial charge >= 0.3 is 6.18 Å². The van der Waals surface area contributed by atoms with Crippen LogP contribution in [0.15, 0.2) is 30.5 Å². The smallest absolute Gasteiger partial charge is 0.392 e. The van der Waals surface area contributed by atoms with Gasteiger partial charge in [0.1, 0.15) is 0 Å². The van der Waals surface area contributed by atoms with Crippen LogP contribution in [0.3, 0.4) is 0 Å². The van der Waals surface area contributed by atoms with Crippen molar-refractivity contribution in [3.63, 3.8) is 0 Å². The molecule has 2 aromatic rings. The number of aromatic nitrogens is 3. The van der Waals surface area contributed by atoms with Crippen LogP contribution in [0.4, 0.5) is 13.2 Å². The van der Waals surface area contributed by atoms with Crippen LogP contribution >= 0.6 is 0 Å². The second kappa shape index (κ2) is 5.93. The number of aryl methyl sites for hydroxylation is 1. The predicted molar refractivity (Wildman–Crippen MR) is 76.2 cm³/mol. The van der Waals surface area contributed by atoms with Crippen molar-refractivity contribution < 1.29 is 18.3 Å². The van der Waals surface area contributed by atoms with Crippen LogP contribution in [0, 0.1) is 0 Å². The number of rotatable bonds is 3. The molecule has 1 fully saturated rings. The second-order valence-corrected chi connectivity index (χ2v) is 5.81. The summed E-state index contributed by atoms with van der Waals surface area (Å²) in [5.74, 6) is 0. The molecule has 2 heterocycles. The molecule has 8 heteroatoms. The minimum absolute atomic E-state index is 0.262. The van der Waals surface area contributed by atoms with E-state index in [1.54, 1.807) is 24.0 Å². The lowest BCUT2D eigenvalue weighted by molar-refractivity contribution is -0.137. The Morgan fingerprint density at radius 1 is 1.35 bits per heavy atom. The maximum Gasteiger partial charge on any atom is 0.416 e. The highest BCUT2D eigenvalue weighted by atomic mass is 19.4. The molecular weight excluding hydrogens is 309 g/mol. The first-order valence-electron chi connectivity index (χ1n) is 7.27. The van der Waals surface area contributed by atoms with Gasteiger partial charge in [0.2, 0.25) is 0 Å². The highest BCUT2D eigenvalue weighted by Gasteiger charge is 2.35. The number of aliphatic hydroxyl groups is 1. The number of benzene rings is 1. The minimum atomic E-state index is -4.37. The fourth-order valence-electron chi connectivity index (χ4n) is 2.99. The summed E-state index contributed by atoms with van der Waals surface area (Å²) >= 11 is 0. The van der Waals surface area contributed by atoms with Gasteiger partial charge in [-0.15, -0.1) is 5.10 Å². The Morgan fingerprint density at radius 2 is 2.13 bits per heavy atom. The van der Waals surface area contributed by atoms with E-state index in [1.807, 2.05) is 4.90 Å². The van der Waals surface area contributed by atoms with E-state index in [1.165, 1.54) is 6.07 Å². The van der Waals surface area contributed by atoms with E-state index in [0.717, 1.165) is 17.8 Å². The number of alkyl halides is 3. The van der Waals surface area contributed by atoms with Gasteiger partial charge in [0, 0.05) is 26.2 Å². The van der Waals surface area contributed by atoms with E-state index in [-0.39, 0.29) is 6.04 Å². The first-order valence-corrected chi connectivity index (χ1v) is 7.27. The molecule has 3 rings (SSSR count). The van der Waals surface area contributed by atoms with Crippen LogP contribution in [-0.2, 0) is 19.8 Å². The molecule has 0 spiro atoms. The van der Waals surface area contributed by atoms with Gasteiger partial charge in [-0.3, -0.25) is 9.58 Å². The summed E-state index contributed by atoms with van der Waals surface area (Å²) < 4.78 is 40.3. The number of halogens is 3. The van der Waals surface area contributed by atoms with Gasteiger partial charge in [0.05, 0.1) is 23.6 Å². The maximum absolute atomic E-state index is 12.9. The van der Waals surface area contributed by atoms with Crippen LogP contribution in [-0.4, -0.2) is 37.6 Å². The standard InChI is InChI=1S/C15H17F3N4O/c1-21-12(7-19-20-21)8-22-9-13(23)6-14(22)10-3-2-4-11(5-10)15(16,17)18/h2-5,7,13-14,23H,6,8-9H2,1H3. The normalized spacial score (nSPS) is 22.7. The van der Waals surface area contributed by atoms with Gasteiger partial charge in [-0.25, -0.2) is 0 Å². The number of nitrogens with zero attached hydrogens (tertiary/aromatic N) is 4. The summed E-state index contributed by atoms with van der Waals surface area (Å²) in [5.41, 5.74) is 0.737. The summed E-state index contributed by atoms with van der Waals surface area (Å²) in [5, 5.41) is 17.6. The third-order valence-corrected chi connectivity index (χ3v) is 4.15. The number of hydrogen-bond donors (Lipinski definition) is 1. The molecule has 0 radical (unpaired) electrons. The summed E-state index contributed by atoms with van der Waals surface area (Å²) in [7, 11) is 1.76. The van der Waals surface area contributed by atoms with Gasteiger partial charge in [-0.2, -0.15) is 13.2 Å². The Hall–Kier alpha value is -1.93. The first kappa shape index (κ1) is 15.9. The summed E-state index contributed by atoms with van der Waals surface area (Å²) in [4.78, 5) is 1.96. The Kier molecular flexibility index (Phi) is 4.11. The van der Waals surface area contributed by atoms with E-state index in [2.05, 4.69) is 10.3 Å². The summed E-state index contributed by atoms with van der Waals surface area (Å²) in [6.45, 7) is 0.883. The number of hydrogen-bond acceptors (Lipinski definition) is 4. The second-order valence-electron chi connectivity index (χ2n) is 5.81. The topological polar surface area (TPSA) is 54.2 Å². The Balaban J connectivity index is 1.86. The van der Waals surface area contributed by atoms with Gasteiger partial charge in [-0.1, -0.05) is 17.3 Å². The van der Waals surface area contributed by atoms with E-state index >= 15 is 0 Å². The Bertz CT molecular complexity index is 685. The van der Waals surface area contributed by atoms with Crippen LogP contribution in [0.5, 0.6) is 0 Å². The highest BCUT2D eigenvalue weighted by molar-refractivity contribution is 5.29. The minimum Gasteiger partial charge on any atom is -0.392 e. The van der Waals surface area contributed by atoms with Crippen molar-refractivity contribution in [2.75, 3.05) is 6.54 Å². The Labute approximate surface area is 131 Å². The van der Waals surface area contributed by atoms with Crippen LogP contribution in [0.1, 0.15) is 29.3 Å². The SMILES string of the molecule is Cn1nncc1CN1CC(O)CC1c1cccc(C(F)(F)F)c1. The molecule has 0 saturated carbocycles. The molecule has 0 amide bonds. The molecule has 1 saturated heterocycles. The van der Waals surface area contributed by atoms with Gasteiger partial charge in [0.25, 0.3) is 0 Å². The third-order valence-electron chi connectivity index (χ3n) is 4.15. The van der Waals surface area contributed by atoms with Crippen molar-refractivity contribution in [3.8, 4) is 0 Å². The molecule has 2 unspecified atom stereocenters. The quantitative estimate of drug-likeness (QED) is 0.939. The van der Waals surface area contributed by atoms with E-state index in [4.69, 9.17) is 0 Å². The van der Waals surface area contributed by atoms with E-state index in [0.29, 0.717) is 25.1 Å². The van der Waals surface area contributed by atoms with E-state index < -0.39 is 17.8 Å². The fraction of sp³-hybridized carbons (Fsp3) is 0.467. The lowest BCUT2D eigenvalue weighted by Crippen LogP contribution is -2.25. The van der Waals surface area contributed by atoms with Crippen LogP contribution < -0.4 is 0 Å². The van der Waals surface area contributed by atoms with Gasteiger partial charge in [-0.05, 0) is 24.1 Å². The lowest BCUT2D eigenvalue weighted by Gasteiger charge is -2.24. The maximum atomic E-state index is 12.9. The fourth-order valence-corrected chi connectivity index (χ4v) is 2.99. The molecule has 2 atom stereocenters. The predicted octanol–water partition coefficient (Wildman–Crippen LogP) is 2.14. The molecule has 1 aromatic heterocycles. The van der Waals surface area contributed by atoms with Crippen molar-refractivity contribution in [1.82, 2.24) is 19.9 Å².